The van der Waals surface area contributed by atoms with Crippen LogP contribution in [-0.4, -0.2) is 14.1 Å². The van der Waals surface area contributed by atoms with Gasteiger partial charge in [-0.05, 0) is 92.2 Å². The number of hydrogen-bond donors (Lipinski definition) is 0. The van der Waals surface area contributed by atoms with Crippen molar-refractivity contribution in [3.05, 3.63) is 279 Å². The topological polar surface area (TPSA) is 38.5 Å². The van der Waals surface area contributed by atoms with Gasteiger partial charge in [0.1, 0.15) is 5.82 Å². The van der Waals surface area contributed by atoms with Gasteiger partial charge in [0.25, 0.3) is 0 Å². The predicted octanol–water partition coefficient (Wildman–Crippen LogP) is 20.0. The Balaban J connectivity index is 0.00000588. The van der Waals surface area contributed by atoms with Gasteiger partial charge in [0.05, 0.1) is 16.7 Å². The summed E-state index contributed by atoms with van der Waals surface area (Å²) in [5, 5.41) is 4.66. The molecule has 0 saturated carbocycles. The summed E-state index contributed by atoms with van der Waals surface area (Å²) >= 11 is 0. The minimum Gasteiger partial charge on any atom is -0.509 e. The van der Waals surface area contributed by atoms with Gasteiger partial charge in [-0.1, -0.05) is 202 Å². The Morgan fingerprint density at radius 2 is 1.06 bits per heavy atom. The fourth-order valence-corrected chi connectivity index (χ4v) is 12.8. The Morgan fingerprint density at radius 3 is 1.82 bits per heavy atom. The zero-order chi connectivity index (χ0) is 54.6. The van der Waals surface area contributed by atoms with Crippen molar-refractivity contribution in [3.63, 3.8) is 0 Å². The Hall–Kier alpha value is -9.74. The molecule has 0 N–H and O–H groups in total. The second kappa shape index (κ2) is 19.8. The van der Waals surface area contributed by atoms with Gasteiger partial charge in [0.15, 0.2) is 0 Å². The molecule has 83 heavy (non-hydrogen) atoms. The molecule has 0 spiro atoms. The smallest absolute Gasteiger partial charge is 0.135 e. The van der Waals surface area contributed by atoms with E-state index in [4.69, 9.17) is 9.72 Å². The number of benzene rings is 11. The first-order valence-electron chi connectivity index (χ1n) is 28.0. The molecule has 0 atom stereocenters. The quantitative estimate of drug-likeness (QED) is 0.142. The minimum absolute atomic E-state index is 0. The third-order valence-corrected chi connectivity index (χ3v) is 16.6. The zero-order valence-electron chi connectivity index (χ0n) is 45.8. The van der Waals surface area contributed by atoms with E-state index in [1.165, 1.54) is 49.6 Å². The number of anilines is 4. The van der Waals surface area contributed by atoms with Crippen LogP contribution in [0.2, 0.25) is 0 Å². The molecule has 2 aliphatic rings. The molecule has 0 unspecified atom stereocenters. The molecule has 2 aliphatic heterocycles. The molecule has 0 bridgehead atoms. The third kappa shape index (κ3) is 8.15. The van der Waals surface area contributed by atoms with Crippen LogP contribution >= 0.6 is 0 Å². The van der Waals surface area contributed by atoms with Gasteiger partial charge in [0.2, 0.25) is 0 Å². The molecule has 0 fully saturated rings. The van der Waals surface area contributed by atoms with Crippen molar-refractivity contribution in [3.8, 4) is 78.6 Å². The molecule has 0 amide bonds. The van der Waals surface area contributed by atoms with Crippen molar-refractivity contribution < 1.29 is 25.8 Å². The molecule has 11 aromatic carbocycles. The summed E-state index contributed by atoms with van der Waals surface area (Å²) < 4.78 is 11.8. The van der Waals surface area contributed by atoms with Crippen LogP contribution in [-0.2, 0) is 26.5 Å². The summed E-state index contributed by atoms with van der Waals surface area (Å²) in [6, 6.07) is 96.7. The molecule has 5 heterocycles. The van der Waals surface area contributed by atoms with Crippen LogP contribution in [0.25, 0.3) is 111 Å². The molecule has 6 nitrogen and oxygen atoms in total. The predicted molar refractivity (Wildman–Crippen MR) is 338 cm³/mol. The molecular weight excluding hydrogens is 1190 g/mol. The molecule has 0 saturated heterocycles. The minimum atomic E-state index is -0.109. The number of pyridine rings is 1. The molecule has 0 aliphatic carbocycles. The van der Waals surface area contributed by atoms with Crippen LogP contribution in [0.15, 0.2) is 255 Å². The first-order chi connectivity index (χ1) is 40.3. The standard InChI is InChI=1S/C76H52N5O.Pt/c1-76(2,3)53-42-43-77-71(45-53)80-67-40-41-68-72(61-30-14-13-28-59(61)62-33-19-34-63-60-29-15-16-35-65(60)81(68)75(62)63)73(67)64-38-37-56(47-69(64)80)82-55-27-17-26-54(46-55)78-48-79(70-44-52(36-39-66(70)78)49-20-7-4-8-21-49)74-57(50-22-9-5-10-23-50)31-18-32-58(74)51-24-11-6-12-25-51;/h4-45,48H,1-3H3;/q-3;. The monoisotopic (exact) mass is 1250 g/mol. The van der Waals surface area contributed by atoms with Crippen LogP contribution < -0.4 is 14.5 Å². The number of hydrogen-bond acceptors (Lipinski definition) is 4. The summed E-state index contributed by atoms with van der Waals surface area (Å²) in [5.74, 6) is 1.95. The Labute approximate surface area is 497 Å². The van der Waals surface area contributed by atoms with Crippen molar-refractivity contribution in [2.45, 2.75) is 26.2 Å². The van der Waals surface area contributed by atoms with Crippen LogP contribution in [0, 0.1) is 18.8 Å². The van der Waals surface area contributed by atoms with E-state index >= 15 is 0 Å². The number of ether oxygens (including phenoxy) is 1. The van der Waals surface area contributed by atoms with Gasteiger partial charge in [-0.3, -0.25) is 0 Å². The summed E-state index contributed by atoms with van der Waals surface area (Å²) in [7, 11) is 0. The summed E-state index contributed by atoms with van der Waals surface area (Å²) in [6.07, 6.45) is 1.94. The van der Waals surface area contributed by atoms with E-state index in [9.17, 15) is 0 Å². The molecular formula is C76H52N5OPt-3. The second-order valence-electron chi connectivity index (χ2n) is 22.4. The van der Waals surface area contributed by atoms with Crippen molar-refractivity contribution >= 4 is 66.4 Å². The van der Waals surface area contributed by atoms with Gasteiger partial charge >= 0.3 is 0 Å². The molecule has 3 aromatic heterocycles. The Morgan fingerprint density at radius 1 is 0.434 bits per heavy atom. The average molecular weight is 1250 g/mol. The van der Waals surface area contributed by atoms with Crippen molar-refractivity contribution in [1.82, 2.24) is 14.1 Å². The van der Waals surface area contributed by atoms with Crippen LogP contribution in [0.1, 0.15) is 26.3 Å². The molecule has 0 radical (unpaired) electrons. The molecule has 16 rings (SSSR count). The normalized spacial score (nSPS) is 12.6. The number of rotatable bonds is 8. The van der Waals surface area contributed by atoms with Gasteiger partial charge in [-0.2, -0.15) is 12.1 Å². The van der Waals surface area contributed by atoms with Gasteiger partial charge in [-0.15, -0.1) is 48.1 Å². The third-order valence-electron chi connectivity index (χ3n) is 16.6. The maximum Gasteiger partial charge on any atom is 0.135 e. The zero-order valence-corrected chi connectivity index (χ0v) is 48.1. The molecule has 400 valence electrons. The largest absolute Gasteiger partial charge is 0.509 e. The molecule has 7 heteroatoms. The van der Waals surface area contributed by atoms with Crippen LogP contribution in [0.5, 0.6) is 11.5 Å². The van der Waals surface area contributed by atoms with E-state index in [0.717, 1.165) is 89.4 Å². The van der Waals surface area contributed by atoms with E-state index < -0.39 is 0 Å². The fourth-order valence-electron chi connectivity index (χ4n) is 12.8. The second-order valence-corrected chi connectivity index (χ2v) is 22.4. The first-order valence-corrected chi connectivity index (χ1v) is 28.0. The van der Waals surface area contributed by atoms with Crippen LogP contribution in [0.4, 0.5) is 22.7 Å². The first kappa shape index (κ1) is 50.2. The summed E-state index contributed by atoms with van der Waals surface area (Å²) in [6.45, 7) is 8.96. The van der Waals surface area contributed by atoms with Gasteiger partial charge < -0.3 is 23.7 Å². The molecule has 14 aromatic rings. The van der Waals surface area contributed by atoms with E-state index in [2.05, 4.69) is 295 Å². The number of nitrogens with zero attached hydrogens (tertiary/aromatic N) is 5. The summed E-state index contributed by atoms with van der Waals surface area (Å²) in [5.41, 5.74) is 22.1. The SMILES string of the molecule is CC(C)(C)c1ccnc(-n2c3[c-]c(Oc4[c-]c(N5[CH-]N(c6c(-c7ccccc7)cccc6-c6ccccc6)c6cc(-c7ccccc7)ccc65)ccc4)ccc3c3c4c(ccc32)-n2c3ccccc3c3cccc(c32)-c2ccccc2-4)c1.[Pt]. The maximum absolute atomic E-state index is 6.99. The maximum atomic E-state index is 6.99. The fraction of sp³-hybridized carbons (Fsp3) is 0.0526. The van der Waals surface area contributed by atoms with E-state index in [0.29, 0.717) is 11.5 Å². The van der Waals surface area contributed by atoms with E-state index in [1.54, 1.807) is 0 Å². The van der Waals surface area contributed by atoms with Gasteiger partial charge in [-0.25, -0.2) is 4.98 Å². The summed E-state index contributed by atoms with van der Waals surface area (Å²) in [4.78, 5) is 9.72. The average Bonchev–Trinajstić information content (AvgIpc) is 2.53. The van der Waals surface area contributed by atoms with Crippen molar-refractivity contribution in [2.75, 3.05) is 9.80 Å². The van der Waals surface area contributed by atoms with Gasteiger partial charge in [0, 0.05) is 94.4 Å². The number of aromatic nitrogens is 3. The van der Waals surface area contributed by atoms with Crippen LogP contribution in [0.3, 0.4) is 0 Å². The van der Waals surface area contributed by atoms with E-state index in [-0.39, 0.29) is 26.5 Å². The Kier molecular flexibility index (Phi) is 12.0. The van der Waals surface area contributed by atoms with Crippen molar-refractivity contribution in [2.24, 2.45) is 0 Å². The Bertz CT molecular complexity index is 4810. The van der Waals surface area contributed by atoms with Crippen molar-refractivity contribution in [1.29, 1.82) is 0 Å². The van der Waals surface area contributed by atoms with E-state index in [1.807, 2.05) is 18.3 Å². The number of fused-ring (bicyclic) bond motifs is 13. The number of para-hydroxylation sites is 3.